The molecule has 0 aliphatic heterocycles. The molecule has 0 spiro atoms. The highest BCUT2D eigenvalue weighted by Crippen LogP contribution is 2.14. The van der Waals surface area contributed by atoms with Gasteiger partial charge < -0.3 is 5.32 Å². The maximum Gasteiger partial charge on any atom is 0.240 e. The lowest BCUT2D eigenvalue weighted by Gasteiger charge is -2.08. The Labute approximate surface area is 157 Å². The van der Waals surface area contributed by atoms with Gasteiger partial charge in [0.15, 0.2) is 0 Å². The summed E-state index contributed by atoms with van der Waals surface area (Å²) in [5, 5.41) is 2.72. The van der Waals surface area contributed by atoms with Gasteiger partial charge in [-0.3, -0.25) is 4.79 Å². The minimum Gasteiger partial charge on any atom is -0.355 e. The van der Waals surface area contributed by atoms with Gasteiger partial charge in [-0.2, -0.15) is 0 Å². The number of sulfonamides is 1. The smallest absolute Gasteiger partial charge is 0.240 e. The zero-order valence-electron chi connectivity index (χ0n) is 14.0. The number of carbonyl (C=O) groups is 1. The predicted octanol–water partition coefficient (Wildman–Crippen LogP) is 2.78. The fourth-order valence-corrected chi connectivity index (χ4v) is 3.48. The van der Waals surface area contributed by atoms with Crippen LogP contribution >= 0.6 is 15.9 Å². The molecule has 0 fully saturated rings. The third-order valence-corrected chi connectivity index (χ3v) is 5.63. The highest BCUT2D eigenvalue weighted by molar-refractivity contribution is 9.10. The van der Waals surface area contributed by atoms with Crippen LogP contribution in [0.3, 0.4) is 0 Å². The summed E-state index contributed by atoms with van der Waals surface area (Å²) in [5.41, 5.74) is 2.29. The van der Waals surface area contributed by atoms with Gasteiger partial charge in [0, 0.05) is 24.0 Å². The van der Waals surface area contributed by atoms with Crippen molar-refractivity contribution in [1.82, 2.24) is 10.0 Å². The minimum atomic E-state index is -3.56. The molecule has 134 valence electrons. The summed E-state index contributed by atoms with van der Waals surface area (Å²) in [5.74, 6) is -0.0941. The van der Waals surface area contributed by atoms with E-state index >= 15 is 0 Å². The number of nitrogens with one attached hydrogen (secondary N) is 2. The Hall–Kier alpha value is -1.70. The van der Waals surface area contributed by atoms with E-state index in [1.807, 2.05) is 31.2 Å². The van der Waals surface area contributed by atoms with Crippen LogP contribution in [0.15, 0.2) is 57.9 Å². The Balaban J connectivity index is 1.70. The molecule has 2 rings (SSSR count). The molecule has 0 bridgehead atoms. The lowest BCUT2D eigenvalue weighted by molar-refractivity contribution is -0.121. The Morgan fingerprint density at radius 2 is 1.64 bits per heavy atom. The number of amides is 1. The fraction of sp³-hybridized carbons (Fsp3) is 0.278. The average Bonchev–Trinajstić information content (AvgIpc) is 2.59. The topological polar surface area (TPSA) is 75.3 Å². The molecule has 5 nitrogen and oxygen atoms in total. The monoisotopic (exact) mass is 424 g/mol. The van der Waals surface area contributed by atoms with Crippen LogP contribution < -0.4 is 10.0 Å². The minimum absolute atomic E-state index is 0.0941. The van der Waals surface area contributed by atoms with Crippen LogP contribution in [0.5, 0.6) is 0 Å². The first-order valence-electron chi connectivity index (χ1n) is 7.94. The molecule has 2 N–H and O–H groups in total. The SMILES string of the molecule is Cc1ccc(CCC(=O)NCCNS(=O)(=O)c2ccc(Br)cc2)cc1. The van der Waals surface area contributed by atoms with Gasteiger partial charge in [0.05, 0.1) is 4.90 Å². The first kappa shape index (κ1) is 19.6. The van der Waals surface area contributed by atoms with Crippen LogP contribution in [0.2, 0.25) is 0 Å². The second-order valence-corrected chi connectivity index (χ2v) is 8.37. The standard InChI is InChI=1S/C18H21BrN2O3S/c1-14-2-4-15(5-3-14)6-11-18(22)20-12-13-21-25(23,24)17-9-7-16(19)8-10-17/h2-5,7-10,21H,6,11-13H2,1H3,(H,20,22). The number of benzene rings is 2. The largest absolute Gasteiger partial charge is 0.355 e. The third kappa shape index (κ3) is 6.61. The molecule has 0 unspecified atom stereocenters. The second kappa shape index (κ2) is 9.12. The number of hydrogen-bond donors (Lipinski definition) is 2. The van der Waals surface area contributed by atoms with Crippen LogP contribution in [0.1, 0.15) is 17.5 Å². The quantitative estimate of drug-likeness (QED) is 0.639. The molecule has 0 heterocycles. The zero-order valence-corrected chi connectivity index (χ0v) is 16.4. The molecule has 1 amide bonds. The van der Waals surface area contributed by atoms with E-state index in [0.717, 1.165) is 10.0 Å². The first-order valence-corrected chi connectivity index (χ1v) is 10.2. The summed E-state index contributed by atoms with van der Waals surface area (Å²) >= 11 is 3.26. The molecular weight excluding hydrogens is 404 g/mol. The van der Waals surface area contributed by atoms with Crippen LogP contribution in [0, 0.1) is 6.92 Å². The first-order chi connectivity index (χ1) is 11.9. The van der Waals surface area contributed by atoms with Gasteiger partial charge in [0.25, 0.3) is 0 Å². The lowest BCUT2D eigenvalue weighted by atomic mass is 10.1. The summed E-state index contributed by atoms with van der Waals surface area (Å²) in [6, 6.07) is 14.4. The molecule has 0 aliphatic rings. The van der Waals surface area contributed by atoms with Gasteiger partial charge in [-0.25, -0.2) is 13.1 Å². The normalized spacial score (nSPS) is 11.3. The average molecular weight is 425 g/mol. The van der Waals surface area contributed by atoms with Crippen LogP contribution in [-0.2, 0) is 21.2 Å². The van der Waals surface area contributed by atoms with Crippen molar-refractivity contribution < 1.29 is 13.2 Å². The summed E-state index contributed by atoms with van der Waals surface area (Å²) < 4.78 is 27.5. The molecular formula is C18H21BrN2O3S. The van der Waals surface area contributed by atoms with Crippen molar-refractivity contribution in [2.75, 3.05) is 13.1 Å². The molecule has 25 heavy (non-hydrogen) atoms. The van der Waals surface area contributed by atoms with E-state index in [0.29, 0.717) is 12.8 Å². The van der Waals surface area contributed by atoms with E-state index in [9.17, 15) is 13.2 Å². The summed E-state index contributed by atoms with van der Waals surface area (Å²) in [4.78, 5) is 12.0. The van der Waals surface area contributed by atoms with Crippen LogP contribution in [-0.4, -0.2) is 27.4 Å². The molecule has 2 aromatic carbocycles. The number of carbonyl (C=O) groups excluding carboxylic acids is 1. The number of hydrogen-bond acceptors (Lipinski definition) is 3. The van der Waals surface area contributed by atoms with Gasteiger partial charge in [0.1, 0.15) is 0 Å². The lowest BCUT2D eigenvalue weighted by Crippen LogP contribution is -2.34. The molecule has 0 saturated carbocycles. The fourth-order valence-electron chi connectivity index (χ4n) is 2.19. The molecule has 0 aliphatic carbocycles. The van der Waals surface area contributed by atoms with Crippen molar-refractivity contribution in [2.45, 2.75) is 24.7 Å². The Morgan fingerprint density at radius 1 is 1.00 bits per heavy atom. The predicted molar refractivity (Wildman–Crippen MR) is 102 cm³/mol. The third-order valence-electron chi connectivity index (χ3n) is 3.62. The number of halogens is 1. The van der Waals surface area contributed by atoms with E-state index in [-0.39, 0.29) is 23.9 Å². The summed E-state index contributed by atoms with van der Waals surface area (Å²) in [6.45, 7) is 2.42. The van der Waals surface area contributed by atoms with Crippen molar-refractivity contribution in [2.24, 2.45) is 0 Å². The maximum absolute atomic E-state index is 12.1. The van der Waals surface area contributed by atoms with E-state index in [4.69, 9.17) is 0 Å². The van der Waals surface area contributed by atoms with E-state index in [2.05, 4.69) is 26.0 Å². The molecule has 2 aromatic rings. The van der Waals surface area contributed by atoms with Gasteiger partial charge >= 0.3 is 0 Å². The zero-order chi connectivity index (χ0) is 18.3. The second-order valence-electron chi connectivity index (χ2n) is 5.69. The number of rotatable bonds is 8. The highest BCUT2D eigenvalue weighted by atomic mass is 79.9. The van der Waals surface area contributed by atoms with Crippen molar-refractivity contribution in [3.05, 3.63) is 64.1 Å². The van der Waals surface area contributed by atoms with Gasteiger partial charge in [-0.1, -0.05) is 45.8 Å². The maximum atomic E-state index is 12.1. The van der Waals surface area contributed by atoms with Crippen molar-refractivity contribution in [3.63, 3.8) is 0 Å². The van der Waals surface area contributed by atoms with Crippen molar-refractivity contribution >= 4 is 31.9 Å². The molecule has 0 radical (unpaired) electrons. The van der Waals surface area contributed by atoms with Crippen molar-refractivity contribution in [1.29, 1.82) is 0 Å². The summed E-state index contributed by atoms with van der Waals surface area (Å²) in [7, 11) is -3.56. The van der Waals surface area contributed by atoms with E-state index < -0.39 is 10.0 Å². The van der Waals surface area contributed by atoms with Crippen LogP contribution in [0.25, 0.3) is 0 Å². The van der Waals surface area contributed by atoms with Crippen LogP contribution in [0.4, 0.5) is 0 Å². The van der Waals surface area contributed by atoms with Gasteiger partial charge in [-0.05, 0) is 43.2 Å². The van der Waals surface area contributed by atoms with E-state index in [1.165, 1.54) is 17.7 Å². The molecule has 0 atom stereocenters. The summed E-state index contributed by atoms with van der Waals surface area (Å²) in [6.07, 6.45) is 1.04. The highest BCUT2D eigenvalue weighted by Gasteiger charge is 2.12. The Kier molecular flexibility index (Phi) is 7.16. The molecule has 7 heteroatoms. The molecule has 0 saturated heterocycles. The Morgan fingerprint density at radius 3 is 2.28 bits per heavy atom. The molecule has 0 aromatic heterocycles. The Bertz CT molecular complexity index is 803. The van der Waals surface area contributed by atoms with Gasteiger partial charge in [0.2, 0.25) is 15.9 Å². The number of aryl methyl sites for hydroxylation is 2. The van der Waals surface area contributed by atoms with Gasteiger partial charge in [-0.15, -0.1) is 0 Å². The van der Waals surface area contributed by atoms with E-state index in [1.54, 1.807) is 12.1 Å². The van der Waals surface area contributed by atoms with Crippen molar-refractivity contribution in [3.8, 4) is 0 Å².